The Hall–Kier alpha value is -2.15. The summed E-state index contributed by atoms with van der Waals surface area (Å²) < 4.78 is 7.95. The molecule has 0 saturated carbocycles. The number of nitrogens with zero attached hydrogens (tertiary/aromatic N) is 5. The summed E-state index contributed by atoms with van der Waals surface area (Å²) in [5.74, 6) is 4.49. The fourth-order valence-electron chi connectivity index (χ4n) is 4.42. The Morgan fingerprint density at radius 3 is 2.93 bits per heavy atom. The Balaban J connectivity index is 1.36. The Kier molecular flexibility index (Phi) is 5.80. The summed E-state index contributed by atoms with van der Waals surface area (Å²) in [7, 11) is 1.85. The smallest absolute Gasteiger partial charge is 0.236 e. The molecule has 0 radical (unpaired) electrons. The van der Waals surface area contributed by atoms with E-state index >= 15 is 0 Å². The fourth-order valence-corrected chi connectivity index (χ4v) is 4.42. The molecule has 2 aliphatic heterocycles. The summed E-state index contributed by atoms with van der Waals surface area (Å²) >= 11 is 0. The monoisotopic (exact) mass is 385 g/mol. The number of piperidine rings is 1. The molecule has 0 aromatic carbocycles. The molecule has 1 atom stereocenters. The van der Waals surface area contributed by atoms with Gasteiger partial charge in [-0.1, -0.05) is 6.42 Å². The summed E-state index contributed by atoms with van der Waals surface area (Å²) in [6, 6.07) is 3.87. The minimum absolute atomic E-state index is 0.134. The lowest BCUT2D eigenvalue weighted by atomic mass is 9.97. The van der Waals surface area contributed by atoms with Gasteiger partial charge in [0.1, 0.15) is 23.2 Å². The van der Waals surface area contributed by atoms with Crippen LogP contribution in [-0.4, -0.2) is 57.2 Å². The number of aryl methyl sites for hydroxylation is 2. The first kappa shape index (κ1) is 19.2. The number of hydrogen-bond acceptors (Lipinski definition) is 5. The first-order chi connectivity index (χ1) is 13.6. The number of fused-ring (bicyclic) bond motifs is 1. The first-order valence-electron chi connectivity index (χ1n) is 10.5. The molecule has 1 fully saturated rings. The summed E-state index contributed by atoms with van der Waals surface area (Å²) in [4.78, 5) is 16.7. The van der Waals surface area contributed by atoms with Crippen molar-refractivity contribution in [2.75, 3.05) is 26.7 Å². The SMILES string of the molecule is Cc1ccc(CN(C)C(=O)CN2CCCC(c3nnc4n3CCCCC4)C2)o1. The van der Waals surface area contributed by atoms with Crippen LogP contribution in [0.1, 0.15) is 61.2 Å². The Morgan fingerprint density at radius 1 is 1.21 bits per heavy atom. The molecule has 1 saturated heterocycles. The lowest BCUT2D eigenvalue weighted by molar-refractivity contribution is -0.132. The van der Waals surface area contributed by atoms with Crippen LogP contribution in [0.25, 0.3) is 0 Å². The van der Waals surface area contributed by atoms with Crippen LogP contribution in [0.2, 0.25) is 0 Å². The van der Waals surface area contributed by atoms with Crippen LogP contribution in [-0.2, 0) is 24.3 Å². The van der Waals surface area contributed by atoms with Crippen molar-refractivity contribution in [1.82, 2.24) is 24.6 Å². The quantitative estimate of drug-likeness (QED) is 0.792. The van der Waals surface area contributed by atoms with Crippen molar-refractivity contribution < 1.29 is 9.21 Å². The molecule has 1 unspecified atom stereocenters. The maximum Gasteiger partial charge on any atom is 0.236 e. The van der Waals surface area contributed by atoms with Gasteiger partial charge in [-0.25, -0.2) is 0 Å². The van der Waals surface area contributed by atoms with Crippen molar-refractivity contribution in [1.29, 1.82) is 0 Å². The van der Waals surface area contributed by atoms with E-state index in [9.17, 15) is 4.79 Å². The van der Waals surface area contributed by atoms with Gasteiger partial charge in [-0.15, -0.1) is 10.2 Å². The van der Waals surface area contributed by atoms with E-state index in [1.165, 1.54) is 19.3 Å². The third-order valence-corrected chi connectivity index (χ3v) is 5.98. The van der Waals surface area contributed by atoms with Crippen LogP contribution < -0.4 is 0 Å². The zero-order valence-corrected chi connectivity index (χ0v) is 17.1. The fraction of sp³-hybridized carbons (Fsp3) is 0.667. The minimum Gasteiger partial charge on any atom is -0.464 e. The van der Waals surface area contributed by atoms with Crippen molar-refractivity contribution >= 4 is 5.91 Å². The second kappa shape index (κ2) is 8.47. The van der Waals surface area contributed by atoms with E-state index in [1.807, 2.05) is 26.1 Å². The summed E-state index contributed by atoms with van der Waals surface area (Å²) in [5, 5.41) is 9.01. The minimum atomic E-state index is 0.134. The number of likely N-dealkylation sites (tertiary alicyclic amines) is 1. The van der Waals surface area contributed by atoms with Crippen molar-refractivity contribution in [2.45, 2.75) is 64.5 Å². The number of carbonyl (C=O) groups excluding carboxylic acids is 1. The maximum absolute atomic E-state index is 12.7. The molecule has 1 amide bonds. The second-order valence-electron chi connectivity index (χ2n) is 8.27. The lowest BCUT2D eigenvalue weighted by Gasteiger charge is -2.32. The van der Waals surface area contributed by atoms with Gasteiger partial charge in [0.15, 0.2) is 0 Å². The number of carbonyl (C=O) groups is 1. The Morgan fingerprint density at radius 2 is 2.11 bits per heavy atom. The number of furan rings is 1. The average Bonchev–Trinajstić information content (AvgIpc) is 3.20. The van der Waals surface area contributed by atoms with Gasteiger partial charge in [0.05, 0.1) is 13.1 Å². The zero-order valence-electron chi connectivity index (χ0n) is 17.1. The third-order valence-electron chi connectivity index (χ3n) is 5.98. The van der Waals surface area contributed by atoms with E-state index in [4.69, 9.17) is 4.42 Å². The lowest BCUT2D eigenvalue weighted by Crippen LogP contribution is -2.42. The maximum atomic E-state index is 12.7. The highest BCUT2D eigenvalue weighted by molar-refractivity contribution is 5.77. The largest absolute Gasteiger partial charge is 0.464 e. The van der Waals surface area contributed by atoms with Crippen molar-refractivity contribution in [3.63, 3.8) is 0 Å². The molecular formula is C21H31N5O2. The molecule has 2 aromatic rings. The van der Waals surface area contributed by atoms with E-state index in [2.05, 4.69) is 19.7 Å². The molecule has 152 valence electrons. The number of rotatable bonds is 5. The zero-order chi connectivity index (χ0) is 19.5. The topological polar surface area (TPSA) is 67.4 Å². The van der Waals surface area contributed by atoms with Crippen molar-refractivity contribution in [3.8, 4) is 0 Å². The summed E-state index contributed by atoms with van der Waals surface area (Å²) in [6.45, 7) is 5.78. The van der Waals surface area contributed by atoms with E-state index in [0.29, 0.717) is 19.0 Å². The highest BCUT2D eigenvalue weighted by Gasteiger charge is 2.28. The van der Waals surface area contributed by atoms with Crippen LogP contribution >= 0.6 is 0 Å². The molecule has 2 aliphatic rings. The number of hydrogen-bond donors (Lipinski definition) is 0. The molecule has 0 N–H and O–H groups in total. The van der Waals surface area contributed by atoms with E-state index in [0.717, 1.165) is 62.1 Å². The molecule has 4 rings (SSSR count). The van der Waals surface area contributed by atoms with Crippen LogP contribution in [0.4, 0.5) is 0 Å². The highest BCUT2D eigenvalue weighted by atomic mass is 16.3. The van der Waals surface area contributed by atoms with Crippen LogP contribution in [0.15, 0.2) is 16.5 Å². The summed E-state index contributed by atoms with van der Waals surface area (Å²) in [6.07, 6.45) is 6.97. The number of likely N-dealkylation sites (N-methyl/N-ethyl adjacent to an activating group) is 1. The van der Waals surface area contributed by atoms with E-state index in [-0.39, 0.29) is 5.91 Å². The molecule has 28 heavy (non-hydrogen) atoms. The van der Waals surface area contributed by atoms with Gasteiger partial charge in [0.25, 0.3) is 0 Å². The standard InChI is InChI=1S/C21H31N5O2/c1-16-9-10-18(28-16)14-24(2)20(27)15-25-11-6-7-17(13-25)21-23-22-19-8-4-3-5-12-26(19)21/h9-10,17H,3-8,11-15H2,1-2H3. The first-order valence-corrected chi connectivity index (χ1v) is 10.5. The van der Waals surface area contributed by atoms with Crippen LogP contribution in [0.3, 0.4) is 0 Å². The van der Waals surface area contributed by atoms with Gasteiger partial charge < -0.3 is 13.9 Å². The van der Waals surface area contributed by atoms with Crippen LogP contribution in [0, 0.1) is 6.92 Å². The second-order valence-corrected chi connectivity index (χ2v) is 8.27. The van der Waals surface area contributed by atoms with Gasteiger partial charge >= 0.3 is 0 Å². The van der Waals surface area contributed by atoms with Gasteiger partial charge in [-0.2, -0.15) is 0 Å². The van der Waals surface area contributed by atoms with Gasteiger partial charge in [-0.3, -0.25) is 9.69 Å². The normalized spacial score (nSPS) is 20.6. The molecule has 4 heterocycles. The third kappa shape index (κ3) is 4.29. The average molecular weight is 386 g/mol. The van der Waals surface area contributed by atoms with Crippen molar-refractivity contribution in [3.05, 3.63) is 35.3 Å². The molecular weight excluding hydrogens is 354 g/mol. The molecule has 7 nitrogen and oxygen atoms in total. The molecule has 0 spiro atoms. The van der Waals surface area contributed by atoms with E-state index in [1.54, 1.807) is 4.90 Å². The molecule has 0 aliphatic carbocycles. The number of amides is 1. The highest BCUT2D eigenvalue weighted by Crippen LogP contribution is 2.28. The predicted octanol–water partition coefficient (Wildman–Crippen LogP) is 2.74. The Bertz CT molecular complexity index is 812. The molecule has 2 aromatic heterocycles. The Labute approximate surface area is 166 Å². The number of aromatic nitrogens is 3. The predicted molar refractivity (Wildman–Crippen MR) is 106 cm³/mol. The van der Waals surface area contributed by atoms with Gasteiger partial charge in [0.2, 0.25) is 5.91 Å². The molecule has 0 bridgehead atoms. The molecule has 7 heteroatoms. The summed E-state index contributed by atoms with van der Waals surface area (Å²) in [5.41, 5.74) is 0. The van der Waals surface area contributed by atoms with Crippen LogP contribution in [0.5, 0.6) is 0 Å². The van der Waals surface area contributed by atoms with Gasteiger partial charge in [-0.05, 0) is 51.3 Å². The van der Waals surface area contributed by atoms with E-state index < -0.39 is 0 Å². The van der Waals surface area contributed by atoms with Gasteiger partial charge in [0, 0.05) is 32.5 Å². The van der Waals surface area contributed by atoms with Crippen molar-refractivity contribution in [2.24, 2.45) is 0 Å².